The van der Waals surface area contributed by atoms with Crippen LogP contribution >= 0.6 is 54.1 Å². The number of hydrogen-bond donors (Lipinski definition) is 0. The third kappa shape index (κ3) is 16.0. The summed E-state index contributed by atoms with van der Waals surface area (Å²) in [6.07, 6.45) is 15.1. The average molecular weight is 1630 g/mol. The first-order valence-electron chi connectivity index (χ1n) is 34.6. The van der Waals surface area contributed by atoms with Crippen LogP contribution in [0, 0.1) is 36.6 Å². The molecule has 4 atom stereocenters. The zero-order valence-electron chi connectivity index (χ0n) is 62.7. The first-order chi connectivity index (χ1) is 46.7. The molecule has 5 nitrogen and oxygen atoms in total. The molecule has 15 rings (SSSR count). The topological polar surface area (TPSA) is 33.2 Å². The quantitative estimate of drug-likeness (QED) is 0.0634. The van der Waals surface area contributed by atoms with E-state index in [1.807, 2.05) is 0 Å². The zero-order valence-corrected chi connectivity index (χ0v) is 72.3. The van der Waals surface area contributed by atoms with Gasteiger partial charge in [0.15, 0.2) is 0 Å². The van der Waals surface area contributed by atoms with E-state index in [2.05, 4.69) is 284 Å². The number of unbranched alkanes of at least 4 members (excludes halogenated alkanes) is 6. The number of halogens is 4. The SMILES string of the molecule is Cc1ccc2c(c1)c1c(n2C)-c2ccccc2C1S(C)(CCCCCCOC(C)(C)C)C1c2ccccc2-c2ccccc21.Cn1c2c(c3ccccc31)C(S(C)(CCCCCCOC(C)(C)C)C1c3ccccc3-c3c1c1ccccc1n3C)c1ccccc1-2.[CH3-].[CH3-].[CH3-].[CH3-].[Cl][Zr+2][Cl].[Cl][Zr+2][Cl]. The molecule has 13 heteroatoms. The number of aryl methyl sites for hydroxylation is 4. The van der Waals surface area contributed by atoms with Gasteiger partial charge in [0.1, 0.15) is 0 Å². The Morgan fingerprint density at radius 1 is 0.356 bits per heavy atom. The van der Waals surface area contributed by atoms with Crippen LogP contribution in [0.5, 0.6) is 0 Å². The van der Waals surface area contributed by atoms with E-state index in [1.54, 1.807) is 16.7 Å². The third-order valence-corrected chi connectivity index (χ3v) is 29.5. The second-order valence-electron chi connectivity index (χ2n) is 29.2. The molecule has 4 aliphatic carbocycles. The fraction of sp³-hybridized carbons (Fsp3) is 0.341. The molecular weight excluding hydrogens is 1520 g/mol. The number of rotatable bonds is 18. The van der Waals surface area contributed by atoms with Crippen molar-refractivity contribution in [2.75, 3.05) is 37.2 Å². The standard InChI is InChI=1S/C43H48N2OS.C41H47NOS.4CH3.4ClH.2Zr/c1-43(2,3)46-27-17-7-8-18-28-47(6,41-31-21-11-9-19-29(31)39-37(41)33-23-13-15-25-35(33)44(39)4)42-32-22-12-10-20-30(32)40-38(42)34-24-14-16-26-36(34)45(40)5;1-28-23-24-36-35(27-28)37-38(42(36)5)31-19-11-14-22-34(31)40(37)44(6,26-16-8-7-15-25-43-41(2,3)4)39-32-20-12-9-17-29(32)30-18-10-13-21-33(30)39;;;;;;;;;;/h9-16,19-26,41-42H,7-8,17-18,27-28H2,1-6H3;9-14,17-24,27,39-40H,7-8,15-16,25-26H2,1-6H3;4*1H3;4*1H;;/q;;4*-1;;;;;2*+4/p-4. The summed E-state index contributed by atoms with van der Waals surface area (Å²) in [4.78, 5) is 0. The Morgan fingerprint density at radius 2 is 0.634 bits per heavy atom. The van der Waals surface area contributed by atoms with Gasteiger partial charge in [0.05, 0.1) is 28.3 Å². The van der Waals surface area contributed by atoms with Crippen molar-refractivity contribution in [2.45, 2.75) is 132 Å². The van der Waals surface area contributed by atoms with Gasteiger partial charge >= 0.3 is 75.7 Å². The second kappa shape index (κ2) is 35.1. The molecule has 3 aromatic heterocycles. The molecule has 101 heavy (non-hydrogen) atoms. The van der Waals surface area contributed by atoms with Crippen molar-refractivity contribution < 1.29 is 51.2 Å². The summed E-state index contributed by atoms with van der Waals surface area (Å²) in [5, 5.41) is 5.79. The number of para-hydroxylation sites is 2. The molecule has 0 spiro atoms. The molecule has 0 N–H and O–H groups in total. The van der Waals surface area contributed by atoms with Crippen molar-refractivity contribution in [3.8, 4) is 44.9 Å². The predicted octanol–water partition coefficient (Wildman–Crippen LogP) is 27.0. The molecule has 0 aliphatic heterocycles. The molecule has 3 heterocycles. The summed E-state index contributed by atoms with van der Waals surface area (Å²) in [7, 11) is 23.9. The molecule has 4 aliphatic rings. The number of hydrogen-bond acceptors (Lipinski definition) is 2. The van der Waals surface area contributed by atoms with E-state index in [0.717, 1.165) is 26.1 Å². The molecule has 0 amide bonds. The van der Waals surface area contributed by atoms with Crippen molar-refractivity contribution in [3.63, 3.8) is 0 Å². The fourth-order valence-corrected chi connectivity index (χ4v) is 26.5. The van der Waals surface area contributed by atoms with E-state index in [0.29, 0.717) is 21.0 Å². The summed E-state index contributed by atoms with van der Waals surface area (Å²) in [5.41, 5.74) is 29.1. The van der Waals surface area contributed by atoms with Crippen LogP contribution in [0.25, 0.3) is 77.6 Å². The van der Waals surface area contributed by atoms with Crippen molar-refractivity contribution >= 4 is 86.8 Å². The van der Waals surface area contributed by atoms with E-state index in [1.165, 1.54) is 161 Å². The Bertz CT molecular complexity index is 4440. The molecule has 0 saturated carbocycles. The summed E-state index contributed by atoms with van der Waals surface area (Å²) < 4.78 is 19.6. The van der Waals surface area contributed by atoms with Crippen LogP contribution in [-0.4, -0.2) is 62.1 Å². The van der Waals surface area contributed by atoms with Crippen molar-refractivity contribution in [2.24, 2.45) is 21.1 Å². The van der Waals surface area contributed by atoms with Gasteiger partial charge in [0.2, 0.25) is 0 Å². The van der Waals surface area contributed by atoms with Crippen LogP contribution < -0.4 is 0 Å². The van der Waals surface area contributed by atoms with Crippen molar-refractivity contribution in [3.05, 3.63) is 268 Å². The van der Waals surface area contributed by atoms with Gasteiger partial charge in [-0.3, -0.25) is 0 Å². The van der Waals surface area contributed by atoms with Crippen LogP contribution in [0.4, 0.5) is 0 Å². The van der Waals surface area contributed by atoms with Crippen LogP contribution in [0.1, 0.15) is 164 Å². The zero-order chi connectivity index (χ0) is 68.6. The Hall–Kier alpha value is -4.07. The summed E-state index contributed by atoms with van der Waals surface area (Å²) in [5.74, 6) is 2.48. The van der Waals surface area contributed by atoms with Gasteiger partial charge in [0, 0.05) is 121 Å². The van der Waals surface area contributed by atoms with Crippen LogP contribution in [0.15, 0.2) is 188 Å². The van der Waals surface area contributed by atoms with E-state index in [9.17, 15) is 0 Å². The number of fused-ring (bicyclic) bond motifs is 18. The van der Waals surface area contributed by atoms with Gasteiger partial charge in [-0.05, 0) is 161 Å². The molecule has 0 fully saturated rings. The second-order valence-corrected chi connectivity index (χ2v) is 44.3. The maximum absolute atomic E-state index is 6.08. The van der Waals surface area contributed by atoms with Gasteiger partial charge < -0.3 is 52.9 Å². The molecule has 11 aromatic rings. The monoisotopic (exact) mass is 1620 g/mol. The number of benzene rings is 8. The molecule has 0 bridgehead atoms. The molecule has 8 aromatic carbocycles. The van der Waals surface area contributed by atoms with Crippen LogP contribution in [-0.2, 0) is 72.3 Å². The molecular formula is C88H107Cl4N3O2S2Zr2. The third-order valence-electron chi connectivity index (χ3n) is 20.9. The summed E-state index contributed by atoms with van der Waals surface area (Å²) >= 11 is -1.65. The minimum absolute atomic E-state index is 0. The van der Waals surface area contributed by atoms with Crippen LogP contribution in [0.2, 0.25) is 0 Å². The number of aromatic nitrogens is 3. The van der Waals surface area contributed by atoms with Gasteiger partial charge in [-0.1, -0.05) is 195 Å². The molecule has 0 radical (unpaired) electrons. The Morgan fingerprint density at radius 3 is 0.990 bits per heavy atom. The van der Waals surface area contributed by atoms with Gasteiger partial charge in [-0.15, -0.1) is 0 Å². The van der Waals surface area contributed by atoms with E-state index < -0.39 is 61.8 Å². The van der Waals surface area contributed by atoms with E-state index >= 15 is 0 Å². The first kappa shape index (κ1) is 82.6. The Kier molecular flexibility index (Phi) is 28.7. The molecule has 4 unspecified atom stereocenters. The van der Waals surface area contributed by atoms with Gasteiger partial charge in [0.25, 0.3) is 0 Å². The van der Waals surface area contributed by atoms with Gasteiger partial charge in [-0.2, -0.15) is 0 Å². The predicted molar refractivity (Wildman–Crippen MR) is 443 cm³/mol. The average Bonchev–Trinajstić information content (AvgIpc) is 1.53. The van der Waals surface area contributed by atoms with Crippen molar-refractivity contribution in [1.29, 1.82) is 0 Å². The van der Waals surface area contributed by atoms with Crippen LogP contribution in [0.3, 0.4) is 0 Å². The Balaban J connectivity index is 0.000000230. The molecule has 534 valence electrons. The normalized spacial score (nSPS) is 16.5. The fourth-order valence-electron chi connectivity index (χ4n) is 17.1. The number of ether oxygens (including phenoxy) is 2. The maximum atomic E-state index is 6.08. The first-order valence-corrected chi connectivity index (χ1v) is 51.9. The van der Waals surface area contributed by atoms with E-state index in [4.69, 9.17) is 43.5 Å². The molecule has 0 saturated heterocycles. The number of nitrogens with zero attached hydrogens (tertiary/aromatic N) is 3. The summed E-state index contributed by atoms with van der Waals surface area (Å²) in [6.45, 7) is 16.9. The minimum atomic E-state index is -1.38. The Labute approximate surface area is 648 Å². The summed E-state index contributed by atoms with van der Waals surface area (Å²) in [6, 6.07) is 72.0. The van der Waals surface area contributed by atoms with Crippen molar-refractivity contribution in [1.82, 2.24) is 13.7 Å². The van der Waals surface area contributed by atoms with Gasteiger partial charge in [-0.25, -0.2) is 20.1 Å². The van der Waals surface area contributed by atoms with E-state index in [-0.39, 0.29) is 40.9 Å².